The maximum Gasteiger partial charge on any atom is 0.260 e. The zero-order valence-electron chi connectivity index (χ0n) is 48.3. The van der Waals surface area contributed by atoms with E-state index in [-0.39, 0.29) is 20.1 Å². The van der Waals surface area contributed by atoms with Gasteiger partial charge in [0.25, 0.3) is 20.1 Å². The van der Waals surface area contributed by atoms with E-state index >= 15 is 0 Å². The number of aromatic nitrogens is 3. The van der Waals surface area contributed by atoms with Gasteiger partial charge in [-0.1, -0.05) is 158 Å². The van der Waals surface area contributed by atoms with Crippen LogP contribution in [-0.4, -0.2) is 40.4 Å². The lowest BCUT2D eigenvalue weighted by Crippen LogP contribution is -2.64. The molecule has 414 valence electrons. The zero-order valence-corrected chi connectivity index (χ0v) is 48.3. The van der Waals surface area contributed by atoms with Crippen LogP contribution in [0, 0.1) is 0 Å². The number of hydrogen-bond donors (Lipinski definition) is 0. The first-order chi connectivity index (χ1) is 45.1. The minimum atomic E-state index is -0.351. The summed E-state index contributed by atoms with van der Waals surface area (Å²) in [6.45, 7) is -0.793. The van der Waals surface area contributed by atoms with Crippen LogP contribution < -0.4 is 77.7 Å². The van der Waals surface area contributed by atoms with Gasteiger partial charge in [-0.25, -0.2) is 0 Å². The maximum atomic E-state index is 7.88. The minimum absolute atomic E-state index is 0.192. The fourth-order valence-corrected chi connectivity index (χ4v) is 18.8. The number of ether oxygens (including phenoxy) is 5. The first kappa shape index (κ1) is 45.5. The molecule has 0 amide bonds. The van der Waals surface area contributed by atoms with Gasteiger partial charge < -0.3 is 41.8 Å². The van der Waals surface area contributed by atoms with Gasteiger partial charge in [-0.15, -0.1) is 0 Å². The second-order valence-electron chi connectivity index (χ2n) is 26.0. The van der Waals surface area contributed by atoms with Crippen molar-refractivity contribution in [2.24, 2.45) is 0 Å². The van der Waals surface area contributed by atoms with Crippen LogP contribution in [-0.2, 0) is 0 Å². The largest absolute Gasteiger partial charge is 0.458 e. The molecule has 91 heavy (non-hydrogen) atoms. The van der Waals surface area contributed by atoms with Crippen molar-refractivity contribution in [2.45, 2.75) is 0 Å². The highest BCUT2D eigenvalue weighted by Crippen LogP contribution is 2.56. The molecular weight excluding hydrogens is 1120 g/mol. The summed E-state index contributed by atoms with van der Waals surface area (Å²) in [5.74, 6) is 8.29. The summed E-state index contributed by atoms with van der Waals surface area (Å²) < 4.78 is 45.4. The molecule has 0 aliphatic carbocycles. The SMILES string of the molecule is CN1c2cc3c(cc2B2c4ccccc4Oc4c2c1c1c2ccccc2n2c5ccccc5c4c12)B1c2cc4c(cc2Oc2c1c(c1c5ccccc5n5c6ccccc6c2c15)O3)Oc1c2c(c3c5ccccc5n5c6ccccc6c1c35)Oc1ccccc1B42. The minimum Gasteiger partial charge on any atom is -0.458 e. The van der Waals surface area contributed by atoms with Crippen LogP contribution in [0.15, 0.2) is 218 Å². The summed E-state index contributed by atoms with van der Waals surface area (Å²) in [4.78, 5) is 2.45. The Hall–Kier alpha value is -11.7. The van der Waals surface area contributed by atoms with Crippen LogP contribution in [0.1, 0.15) is 0 Å². The number of fused-ring (bicyclic) bond motifs is 36. The molecule has 0 saturated heterocycles. The van der Waals surface area contributed by atoms with E-state index in [1.165, 1.54) is 43.6 Å². The Labute approximate surface area is 516 Å². The number of anilines is 2. The van der Waals surface area contributed by atoms with E-state index in [1.54, 1.807) is 0 Å². The zero-order chi connectivity index (χ0) is 58.3. The smallest absolute Gasteiger partial charge is 0.260 e. The second kappa shape index (κ2) is 15.0. The van der Waals surface area contributed by atoms with E-state index < -0.39 is 0 Å². The molecular formula is C79H39B3N4O5. The lowest BCUT2D eigenvalue weighted by molar-refractivity contribution is 0.459. The molecule has 12 heteroatoms. The lowest BCUT2D eigenvalue weighted by Gasteiger charge is -2.41. The molecule has 19 aromatic rings. The first-order valence-electron chi connectivity index (χ1n) is 31.5. The monoisotopic (exact) mass is 1160 g/mol. The van der Waals surface area contributed by atoms with Gasteiger partial charge in [0.2, 0.25) is 0 Å². The Morgan fingerprint density at radius 2 is 0.560 bits per heavy atom. The molecule has 0 N–H and O–H groups in total. The Bertz CT molecular complexity index is 6760. The van der Waals surface area contributed by atoms with Crippen molar-refractivity contribution in [3.8, 4) is 57.5 Å². The number of para-hydroxylation sites is 8. The summed E-state index contributed by atoms with van der Waals surface area (Å²) in [7, 11) is 2.25. The molecule has 0 bridgehead atoms. The molecule has 6 aliphatic heterocycles. The van der Waals surface area contributed by atoms with E-state index in [9.17, 15) is 0 Å². The summed E-state index contributed by atoms with van der Waals surface area (Å²) in [6, 6.07) is 79.8. The van der Waals surface area contributed by atoms with Gasteiger partial charge in [-0.05, 0) is 86.8 Å². The van der Waals surface area contributed by atoms with Crippen molar-refractivity contribution >= 4 is 195 Å². The number of benzene rings is 13. The highest BCUT2D eigenvalue weighted by atomic mass is 16.5. The Kier molecular flexibility index (Phi) is 7.52. The first-order valence-corrected chi connectivity index (χ1v) is 31.5. The quantitative estimate of drug-likeness (QED) is 0.141. The number of nitrogens with zero attached hydrogens (tertiary/aromatic N) is 4. The van der Waals surface area contributed by atoms with Gasteiger partial charge in [0.1, 0.15) is 57.5 Å². The predicted octanol–water partition coefficient (Wildman–Crippen LogP) is 13.3. The number of hydrogen-bond acceptors (Lipinski definition) is 6. The van der Waals surface area contributed by atoms with Gasteiger partial charge in [0, 0.05) is 79.2 Å². The molecule has 25 rings (SSSR count). The van der Waals surface area contributed by atoms with E-state index in [2.05, 4.69) is 244 Å². The summed E-state index contributed by atoms with van der Waals surface area (Å²) in [5.41, 5.74) is 22.4. The molecule has 0 unspecified atom stereocenters. The highest BCUT2D eigenvalue weighted by Gasteiger charge is 2.51. The summed E-state index contributed by atoms with van der Waals surface area (Å²) >= 11 is 0. The van der Waals surface area contributed by atoms with Crippen LogP contribution in [0.3, 0.4) is 0 Å². The van der Waals surface area contributed by atoms with Crippen molar-refractivity contribution in [1.82, 2.24) is 13.2 Å². The van der Waals surface area contributed by atoms with E-state index in [0.29, 0.717) is 0 Å². The third kappa shape index (κ3) is 4.92. The normalized spacial score (nSPS) is 14.6. The summed E-state index contributed by atoms with van der Waals surface area (Å²) in [6.07, 6.45) is 0. The van der Waals surface area contributed by atoms with Gasteiger partial charge in [0.15, 0.2) is 0 Å². The molecule has 6 aromatic heterocycles. The molecule has 0 atom stereocenters. The van der Waals surface area contributed by atoms with Gasteiger partial charge in [0.05, 0.1) is 76.6 Å². The second-order valence-corrected chi connectivity index (χ2v) is 26.0. The third-order valence-corrected chi connectivity index (χ3v) is 22.1. The van der Waals surface area contributed by atoms with Crippen molar-refractivity contribution < 1.29 is 23.7 Å². The van der Waals surface area contributed by atoms with Crippen LogP contribution in [0.5, 0.6) is 57.5 Å². The van der Waals surface area contributed by atoms with E-state index in [1.807, 2.05) is 0 Å². The van der Waals surface area contributed by atoms with Gasteiger partial charge in [-0.2, -0.15) is 0 Å². The Morgan fingerprint density at radius 1 is 0.264 bits per heavy atom. The van der Waals surface area contributed by atoms with Crippen molar-refractivity contribution in [2.75, 3.05) is 11.9 Å². The Balaban J connectivity index is 0.809. The number of rotatable bonds is 0. The molecule has 6 aliphatic rings. The van der Waals surface area contributed by atoms with Crippen LogP contribution in [0.25, 0.3) is 114 Å². The lowest BCUT2D eigenvalue weighted by atomic mass is 9.30. The highest BCUT2D eigenvalue weighted by molar-refractivity contribution is 7.03. The predicted molar refractivity (Wildman–Crippen MR) is 371 cm³/mol. The topological polar surface area (TPSA) is 62.6 Å². The average Bonchev–Trinajstić information content (AvgIpc) is 1.66. The van der Waals surface area contributed by atoms with Crippen molar-refractivity contribution in [3.63, 3.8) is 0 Å². The van der Waals surface area contributed by atoms with E-state index in [4.69, 9.17) is 23.7 Å². The molecule has 0 fully saturated rings. The maximum absolute atomic E-state index is 7.88. The van der Waals surface area contributed by atoms with Gasteiger partial charge in [-0.3, -0.25) is 0 Å². The molecule has 12 heterocycles. The van der Waals surface area contributed by atoms with Crippen LogP contribution in [0.2, 0.25) is 0 Å². The van der Waals surface area contributed by atoms with Crippen LogP contribution >= 0.6 is 0 Å². The molecule has 0 radical (unpaired) electrons. The fourth-order valence-electron chi connectivity index (χ4n) is 18.8. The van der Waals surface area contributed by atoms with Gasteiger partial charge >= 0.3 is 0 Å². The third-order valence-electron chi connectivity index (χ3n) is 22.1. The molecule has 13 aromatic carbocycles. The average molecular weight is 1160 g/mol. The molecule has 0 saturated carbocycles. The standard InChI is InChI=1S/C79H39B3N4O5/c1-83-56-36-59-47(34-46(56)80-44-24-8-16-32-57(44)87-75-63-39-19-3-11-27-51(39)84-50-26-10-2-18-38(50)62(71(63)84)74(83)68(75)80)82-49-35-48-60(37-61(49)91-79-67-43-23-7-15-31-55(43)86-54-30-14-6-22-42(54)66(73(67)86)78(89-59)70(79)82)90-77-65-41-21-5-13-29-53(41)85-52-28-12-4-20-40(52)64(72(65)85)76-69(77)81(48)45-25-9-17-33-58(45)88-76/h2-37H,1H3. The van der Waals surface area contributed by atoms with E-state index in [0.717, 1.165) is 189 Å². The fraction of sp³-hybridized carbons (Fsp3) is 0.0127. The molecule has 0 spiro atoms. The van der Waals surface area contributed by atoms with Crippen molar-refractivity contribution in [1.29, 1.82) is 0 Å². The van der Waals surface area contributed by atoms with Crippen LogP contribution in [0.4, 0.5) is 11.4 Å². The van der Waals surface area contributed by atoms with Crippen molar-refractivity contribution in [3.05, 3.63) is 218 Å². The Morgan fingerprint density at radius 3 is 0.978 bits per heavy atom. The molecule has 9 nitrogen and oxygen atoms in total. The summed E-state index contributed by atoms with van der Waals surface area (Å²) in [5, 5.41) is 13.7.